The summed E-state index contributed by atoms with van der Waals surface area (Å²) in [5.74, 6) is 0.185. The smallest absolute Gasteiger partial charge is 0.226 e. The van der Waals surface area contributed by atoms with E-state index in [0.29, 0.717) is 6.61 Å². The van der Waals surface area contributed by atoms with E-state index in [9.17, 15) is 4.79 Å². The molecule has 0 saturated carbocycles. The van der Waals surface area contributed by atoms with E-state index in [1.54, 1.807) is 7.11 Å². The van der Waals surface area contributed by atoms with Crippen molar-refractivity contribution in [1.82, 2.24) is 15.2 Å². The van der Waals surface area contributed by atoms with E-state index in [1.807, 2.05) is 12.4 Å². The molecule has 5 heteroatoms. The highest BCUT2D eigenvalue weighted by molar-refractivity contribution is 5.82. The SMILES string of the molecule is COC[C@H]1C(=O)NCC12CCN(Cc1ccncc1)CC2. The summed E-state index contributed by atoms with van der Waals surface area (Å²) in [6.45, 7) is 4.39. The molecule has 0 unspecified atom stereocenters. The van der Waals surface area contributed by atoms with Crippen molar-refractivity contribution in [2.75, 3.05) is 33.4 Å². The molecule has 2 saturated heterocycles. The molecule has 0 aromatic carbocycles. The van der Waals surface area contributed by atoms with Gasteiger partial charge in [-0.1, -0.05) is 0 Å². The van der Waals surface area contributed by atoms with Crippen LogP contribution in [0.3, 0.4) is 0 Å². The summed E-state index contributed by atoms with van der Waals surface area (Å²) in [6.07, 6.45) is 5.81. The highest BCUT2D eigenvalue weighted by Gasteiger charge is 2.49. The lowest BCUT2D eigenvalue weighted by Gasteiger charge is -2.41. The number of aromatic nitrogens is 1. The number of hydrogen-bond donors (Lipinski definition) is 1. The quantitative estimate of drug-likeness (QED) is 0.900. The first-order valence-corrected chi connectivity index (χ1v) is 7.61. The molecule has 1 N–H and O–H groups in total. The van der Waals surface area contributed by atoms with Crippen LogP contribution in [-0.4, -0.2) is 49.1 Å². The molecule has 114 valence electrons. The first-order valence-electron chi connectivity index (χ1n) is 7.61. The number of carbonyl (C=O) groups is 1. The minimum absolute atomic E-state index is 0.0191. The molecule has 0 aliphatic carbocycles. The van der Waals surface area contributed by atoms with Crippen molar-refractivity contribution in [3.8, 4) is 0 Å². The molecule has 5 nitrogen and oxygen atoms in total. The third-order valence-corrected chi connectivity index (χ3v) is 5.01. The number of methoxy groups -OCH3 is 1. The second kappa shape index (κ2) is 6.12. The largest absolute Gasteiger partial charge is 0.384 e. The molecule has 0 bridgehead atoms. The zero-order chi connectivity index (χ0) is 14.7. The molecule has 2 fully saturated rings. The minimum Gasteiger partial charge on any atom is -0.384 e. The van der Waals surface area contributed by atoms with Gasteiger partial charge >= 0.3 is 0 Å². The van der Waals surface area contributed by atoms with E-state index in [-0.39, 0.29) is 17.2 Å². The number of nitrogens with one attached hydrogen (secondary N) is 1. The van der Waals surface area contributed by atoms with Gasteiger partial charge in [0.2, 0.25) is 5.91 Å². The number of likely N-dealkylation sites (tertiary alicyclic amines) is 1. The van der Waals surface area contributed by atoms with Crippen LogP contribution in [0.5, 0.6) is 0 Å². The summed E-state index contributed by atoms with van der Waals surface area (Å²) >= 11 is 0. The van der Waals surface area contributed by atoms with Crippen LogP contribution >= 0.6 is 0 Å². The second-order valence-corrected chi connectivity index (χ2v) is 6.22. The number of rotatable bonds is 4. The molecule has 0 radical (unpaired) electrons. The summed E-state index contributed by atoms with van der Waals surface area (Å²) in [6, 6.07) is 4.14. The van der Waals surface area contributed by atoms with Crippen LogP contribution in [-0.2, 0) is 16.1 Å². The van der Waals surface area contributed by atoms with E-state index in [2.05, 4.69) is 27.3 Å². The fourth-order valence-corrected chi connectivity index (χ4v) is 3.63. The van der Waals surface area contributed by atoms with Gasteiger partial charge in [-0.25, -0.2) is 0 Å². The molecular formula is C16H23N3O2. The van der Waals surface area contributed by atoms with Crippen LogP contribution in [0.15, 0.2) is 24.5 Å². The van der Waals surface area contributed by atoms with E-state index in [1.165, 1.54) is 5.56 Å². The van der Waals surface area contributed by atoms with Crippen LogP contribution < -0.4 is 5.32 Å². The van der Waals surface area contributed by atoms with E-state index < -0.39 is 0 Å². The van der Waals surface area contributed by atoms with Gasteiger partial charge in [-0.05, 0) is 43.6 Å². The Labute approximate surface area is 125 Å². The van der Waals surface area contributed by atoms with Crippen molar-refractivity contribution >= 4 is 5.91 Å². The summed E-state index contributed by atoms with van der Waals surface area (Å²) in [5.41, 5.74) is 1.40. The van der Waals surface area contributed by atoms with Crippen molar-refractivity contribution in [3.63, 3.8) is 0 Å². The van der Waals surface area contributed by atoms with Crippen LogP contribution in [0, 0.1) is 11.3 Å². The molecule has 1 amide bonds. The van der Waals surface area contributed by atoms with Gasteiger partial charge < -0.3 is 10.1 Å². The maximum Gasteiger partial charge on any atom is 0.226 e. The zero-order valence-corrected chi connectivity index (χ0v) is 12.5. The first-order chi connectivity index (χ1) is 10.2. The fourth-order valence-electron chi connectivity index (χ4n) is 3.63. The Bertz CT molecular complexity index is 484. The number of pyridine rings is 1. The number of piperidine rings is 1. The summed E-state index contributed by atoms with van der Waals surface area (Å²) in [4.78, 5) is 18.5. The molecule has 2 aliphatic rings. The van der Waals surface area contributed by atoms with Crippen LogP contribution in [0.2, 0.25) is 0 Å². The molecular weight excluding hydrogens is 266 g/mol. The van der Waals surface area contributed by atoms with E-state index in [4.69, 9.17) is 4.74 Å². The maximum absolute atomic E-state index is 12.0. The van der Waals surface area contributed by atoms with Crippen molar-refractivity contribution in [3.05, 3.63) is 30.1 Å². The predicted octanol–water partition coefficient (Wildman–Crippen LogP) is 1.06. The van der Waals surface area contributed by atoms with E-state index >= 15 is 0 Å². The standard InChI is InChI=1S/C16H23N3O2/c1-21-11-14-15(20)18-12-16(14)4-8-19(9-5-16)10-13-2-6-17-7-3-13/h2-3,6-7,14H,4-5,8-12H2,1H3,(H,18,20)/t14-/m0/s1. The lowest BCUT2D eigenvalue weighted by Crippen LogP contribution is -2.45. The lowest BCUT2D eigenvalue weighted by atomic mass is 9.71. The number of hydrogen-bond acceptors (Lipinski definition) is 4. The number of nitrogens with zero attached hydrogens (tertiary/aromatic N) is 2. The monoisotopic (exact) mass is 289 g/mol. The third kappa shape index (κ3) is 2.94. The normalized spacial score (nSPS) is 25.2. The van der Waals surface area contributed by atoms with Gasteiger partial charge in [0.05, 0.1) is 12.5 Å². The van der Waals surface area contributed by atoms with Crippen molar-refractivity contribution in [1.29, 1.82) is 0 Å². The highest BCUT2D eigenvalue weighted by Crippen LogP contribution is 2.42. The van der Waals surface area contributed by atoms with E-state index in [0.717, 1.165) is 39.0 Å². The molecule has 1 spiro atoms. The Balaban J connectivity index is 1.60. The Kier molecular flexibility index (Phi) is 4.22. The highest BCUT2D eigenvalue weighted by atomic mass is 16.5. The molecule has 1 atom stereocenters. The van der Waals surface area contributed by atoms with Gasteiger partial charge in [0.25, 0.3) is 0 Å². The number of ether oxygens (including phenoxy) is 1. The summed E-state index contributed by atoms with van der Waals surface area (Å²) in [5, 5.41) is 3.03. The molecule has 21 heavy (non-hydrogen) atoms. The van der Waals surface area contributed by atoms with Crippen molar-refractivity contribution in [2.45, 2.75) is 19.4 Å². The topological polar surface area (TPSA) is 54.5 Å². The van der Waals surface area contributed by atoms with Gasteiger partial charge in [-0.3, -0.25) is 14.7 Å². The molecule has 3 heterocycles. The molecule has 1 aromatic rings. The van der Waals surface area contributed by atoms with Crippen LogP contribution in [0.25, 0.3) is 0 Å². The van der Waals surface area contributed by atoms with Gasteiger partial charge in [-0.15, -0.1) is 0 Å². The van der Waals surface area contributed by atoms with Crippen LogP contribution in [0.4, 0.5) is 0 Å². The van der Waals surface area contributed by atoms with Gasteiger partial charge in [0.15, 0.2) is 0 Å². The van der Waals surface area contributed by atoms with Gasteiger partial charge in [0.1, 0.15) is 0 Å². The van der Waals surface area contributed by atoms with Gasteiger partial charge in [-0.2, -0.15) is 0 Å². The Morgan fingerprint density at radius 1 is 1.38 bits per heavy atom. The number of amides is 1. The number of carbonyl (C=O) groups excluding carboxylic acids is 1. The maximum atomic E-state index is 12.0. The van der Waals surface area contributed by atoms with Gasteiger partial charge in [0, 0.05) is 38.0 Å². The second-order valence-electron chi connectivity index (χ2n) is 6.22. The Morgan fingerprint density at radius 2 is 2.10 bits per heavy atom. The third-order valence-electron chi connectivity index (χ3n) is 5.01. The van der Waals surface area contributed by atoms with Crippen molar-refractivity contribution in [2.24, 2.45) is 11.3 Å². The summed E-state index contributed by atoms with van der Waals surface area (Å²) < 4.78 is 5.26. The Hall–Kier alpha value is -1.46. The molecule has 2 aliphatic heterocycles. The fraction of sp³-hybridized carbons (Fsp3) is 0.625. The molecule has 3 rings (SSSR count). The average Bonchev–Trinajstić information content (AvgIpc) is 2.81. The average molecular weight is 289 g/mol. The van der Waals surface area contributed by atoms with Crippen molar-refractivity contribution < 1.29 is 9.53 Å². The molecule has 1 aromatic heterocycles. The zero-order valence-electron chi connectivity index (χ0n) is 12.5. The summed E-state index contributed by atoms with van der Waals surface area (Å²) in [7, 11) is 1.68. The predicted molar refractivity (Wildman–Crippen MR) is 79.6 cm³/mol. The van der Waals surface area contributed by atoms with Crippen LogP contribution in [0.1, 0.15) is 18.4 Å². The Morgan fingerprint density at radius 3 is 2.76 bits per heavy atom. The first kappa shape index (κ1) is 14.5. The lowest BCUT2D eigenvalue weighted by molar-refractivity contribution is -0.126. The minimum atomic E-state index is 0.0191.